The van der Waals surface area contributed by atoms with Crippen LogP contribution in [-0.4, -0.2) is 74.9 Å². The second-order valence-corrected chi connectivity index (χ2v) is 23.2. The second-order valence-electron chi connectivity index (χ2n) is 21.7. The van der Waals surface area contributed by atoms with Gasteiger partial charge in [0.25, 0.3) is 0 Å². The van der Waals surface area contributed by atoms with E-state index < -0.39 is 26.5 Å². The number of hydrogen-bond donors (Lipinski definition) is 1. The highest BCUT2D eigenvalue weighted by atomic mass is 31.2. The minimum absolute atomic E-state index is 0.0277. The molecule has 0 aromatic carbocycles. The fourth-order valence-electron chi connectivity index (χ4n) is 8.34. The summed E-state index contributed by atoms with van der Waals surface area (Å²) in [6.07, 6.45) is 77.7. The molecule has 76 heavy (non-hydrogen) atoms. The van der Waals surface area contributed by atoms with Crippen molar-refractivity contribution in [1.29, 1.82) is 0 Å². The molecule has 2 atom stereocenters. The SMILES string of the molecule is CC/C=C\C/C=C\C/C=C\C/C=C\C/C=C\C/C=C\CCCCCCCCCCCCCCCCCCC(=O)OC(COC(=O)CCCCCCCCC/C=C\C/C=C\CCCCC)COP(=O)(O)OCC[N+](C)(C)C. The molecular formula is C66H117NO8P+. The zero-order valence-electron chi connectivity index (χ0n) is 49.7. The zero-order chi connectivity index (χ0) is 55.6. The van der Waals surface area contributed by atoms with E-state index in [0.717, 1.165) is 96.3 Å². The number of phosphoric ester groups is 1. The van der Waals surface area contributed by atoms with Gasteiger partial charge in [-0.1, -0.05) is 246 Å². The van der Waals surface area contributed by atoms with Crippen LogP contribution in [0.2, 0.25) is 0 Å². The lowest BCUT2D eigenvalue weighted by Gasteiger charge is -2.24. The van der Waals surface area contributed by atoms with Crippen LogP contribution in [0.1, 0.15) is 258 Å². The van der Waals surface area contributed by atoms with Crippen LogP contribution in [0.5, 0.6) is 0 Å². The number of likely N-dealkylation sites (N-methyl/N-ethyl adjacent to an activating group) is 1. The third kappa shape index (κ3) is 60.2. The maximum absolute atomic E-state index is 12.8. The van der Waals surface area contributed by atoms with E-state index in [1.807, 2.05) is 21.1 Å². The number of allylic oxidation sites excluding steroid dienone is 16. The summed E-state index contributed by atoms with van der Waals surface area (Å²) in [4.78, 5) is 35.7. The van der Waals surface area contributed by atoms with Crippen LogP contribution in [0.3, 0.4) is 0 Å². The minimum Gasteiger partial charge on any atom is -0.462 e. The molecule has 0 aliphatic heterocycles. The van der Waals surface area contributed by atoms with Crippen molar-refractivity contribution in [2.45, 2.75) is 264 Å². The van der Waals surface area contributed by atoms with Crippen molar-refractivity contribution in [3.63, 3.8) is 0 Å². The Kier molecular flexibility index (Phi) is 54.4. The van der Waals surface area contributed by atoms with Gasteiger partial charge < -0.3 is 18.9 Å². The summed E-state index contributed by atoms with van der Waals surface area (Å²) in [6, 6.07) is 0. The maximum Gasteiger partial charge on any atom is 0.472 e. The van der Waals surface area contributed by atoms with Crippen molar-refractivity contribution >= 4 is 19.8 Å². The minimum atomic E-state index is -4.39. The van der Waals surface area contributed by atoms with Gasteiger partial charge in [-0.05, 0) is 96.3 Å². The third-order valence-corrected chi connectivity index (χ3v) is 14.1. The number of phosphoric acid groups is 1. The molecule has 0 aromatic heterocycles. The molecule has 0 amide bonds. The standard InChI is InChI=1S/C66H116NO8P/c1-6-8-10-12-14-16-18-20-22-24-25-26-27-28-29-30-31-32-33-34-35-36-37-38-39-40-41-43-45-47-49-51-53-55-57-59-66(69)75-64(63-74-76(70,71)73-61-60-67(3,4)5)62-72-65(68)58-56-54-52-50-48-46-44-42-23-21-19-17-15-13-11-9-7-2/h8,10,14-17,20-23,25-26,28-29,31-32,64H,6-7,9,11-13,18-19,24,27,30,33-63H2,1-5H3/p+1/b10-8-,16-14-,17-15-,22-20-,23-21-,26-25-,29-28-,32-31-. The monoisotopic (exact) mass is 1080 g/mol. The lowest BCUT2D eigenvalue weighted by molar-refractivity contribution is -0.870. The first-order chi connectivity index (χ1) is 37.0. The molecule has 0 aromatic rings. The van der Waals surface area contributed by atoms with Crippen molar-refractivity contribution in [2.24, 2.45) is 0 Å². The molecule has 0 rings (SSSR count). The predicted octanol–water partition coefficient (Wildman–Crippen LogP) is 19.6. The van der Waals surface area contributed by atoms with Gasteiger partial charge in [0.15, 0.2) is 6.10 Å². The smallest absolute Gasteiger partial charge is 0.462 e. The van der Waals surface area contributed by atoms with Gasteiger partial charge in [0.1, 0.15) is 19.8 Å². The van der Waals surface area contributed by atoms with Gasteiger partial charge in [0.2, 0.25) is 0 Å². The Bertz CT molecular complexity index is 1600. The Morgan fingerprint density at radius 1 is 0.421 bits per heavy atom. The summed E-state index contributed by atoms with van der Waals surface area (Å²) in [5, 5.41) is 0. The second kappa shape index (κ2) is 56.6. The highest BCUT2D eigenvalue weighted by molar-refractivity contribution is 7.47. The van der Waals surface area contributed by atoms with E-state index in [9.17, 15) is 19.0 Å². The summed E-state index contributed by atoms with van der Waals surface area (Å²) in [6.45, 7) is 4.29. The van der Waals surface area contributed by atoms with E-state index in [0.29, 0.717) is 17.4 Å². The summed E-state index contributed by atoms with van der Waals surface area (Å²) in [5.74, 6) is -0.804. The number of carbonyl (C=O) groups is 2. The van der Waals surface area contributed by atoms with E-state index in [2.05, 4.69) is 111 Å². The van der Waals surface area contributed by atoms with E-state index in [4.69, 9.17) is 18.5 Å². The molecule has 10 heteroatoms. The van der Waals surface area contributed by atoms with Gasteiger partial charge in [0.05, 0.1) is 27.7 Å². The summed E-state index contributed by atoms with van der Waals surface area (Å²) in [5.41, 5.74) is 0. The molecule has 0 saturated carbocycles. The molecule has 0 bridgehead atoms. The molecule has 1 N–H and O–H groups in total. The van der Waals surface area contributed by atoms with E-state index in [1.165, 1.54) is 128 Å². The largest absolute Gasteiger partial charge is 0.472 e. The molecule has 438 valence electrons. The van der Waals surface area contributed by atoms with Gasteiger partial charge in [0, 0.05) is 12.8 Å². The zero-order valence-corrected chi connectivity index (χ0v) is 50.6. The highest BCUT2D eigenvalue weighted by Gasteiger charge is 2.27. The molecule has 0 aliphatic rings. The molecule has 0 radical (unpaired) electrons. The Hall–Kier alpha value is -3.07. The van der Waals surface area contributed by atoms with Crippen LogP contribution in [0.4, 0.5) is 0 Å². The van der Waals surface area contributed by atoms with Crippen LogP contribution < -0.4 is 0 Å². The van der Waals surface area contributed by atoms with E-state index >= 15 is 0 Å². The number of hydrogen-bond acceptors (Lipinski definition) is 7. The molecule has 0 aliphatic carbocycles. The quantitative estimate of drug-likeness (QED) is 0.0211. The Morgan fingerprint density at radius 2 is 0.750 bits per heavy atom. The van der Waals surface area contributed by atoms with Gasteiger partial charge in [-0.25, -0.2) is 4.57 Å². The molecule has 0 saturated heterocycles. The van der Waals surface area contributed by atoms with Crippen molar-refractivity contribution in [3.05, 3.63) is 97.2 Å². The number of rotatable bonds is 56. The van der Waals surface area contributed by atoms with Crippen molar-refractivity contribution in [3.8, 4) is 0 Å². The summed E-state index contributed by atoms with van der Waals surface area (Å²) in [7, 11) is 1.47. The molecule has 0 heterocycles. The maximum atomic E-state index is 12.8. The average molecular weight is 1080 g/mol. The first-order valence-corrected chi connectivity index (χ1v) is 32.5. The number of quaternary nitrogens is 1. The van der Waals surface area contributed by atoms with Gasteiger partial charge >= 0.3 is 19.8 Å². The molecule has 9 nitrogen and oxygen atoms in total. The van der Waals surface area contributed by atoms with Gasteiger partial charge in [-0.15, -0.1) is 0 Å². The van der Waals surface area contributed by atoms with Crippen molar-refractivity contribution < 1.29 is 42.1 Å². The van der Waals surface area contributed by atoms with Crippen LogP contribution in [0.15, 0.2) is 97.2 Å². The van der Waals surface area contributed by atoms with Gasteiger partial charge in [-0.3, -0.25) is 18.6 Å². The fourth-order valence-corrected chi connectivity index (χ4v) is 9.09. The lowest BCUT2D eigenvalue weighted by Crippen LogP contribution is -2.37. The average Bonchev–Trinajstić information content (AvgIpc) is 3.38. The van der Waals surface area contributed by atoms with Crippen LogP contribution in [-0.2, 0) is 32.7 Å². The van der Waals surface area contributed by atoms with E-state index in [1.54, 1.807) is 0 Å². The Labute approximate surface area is 468 Å². The normalized spacial score (nSPS) is 13.9. The fraction of sp³-hybridized carbons (Fsp3) is 0.727. The summed E-state index contributed by atoms with van der Waals surface area (Å²) < 4.78 is 34.6. The molecule has 2 unspecified atom stereocenters. The van der Waals surface area contributed by atoms with Gasteiger partial charge in [-0.2, -0.15) is 0 Å². The molecule has 0 spiro atoms. The third-order valence-electron chi connectivity index (χ3n) is 13.1. The van der Waals surface area contributed by atoms with E-state index in [-0.39, 0.29) is 32.0 Å². The van der Waals surface area contributed by atoms with Crippen LogP contribution in [0, 0.1) is 0 Å². The molecular weight excluding hydrogens is 966 g/mol. The topological polar surface area (TPSA) is 108 Å². The Balaban J connectivity index is 4.06. The first kappa shape index (κ1) is 72.9. The number of esters is 2. The predicted molar refractivity (Wildman–Crippen MR) is 325 cm³/mol. The molecule has 0 fully saturated rings. The number of carbonyl (C=O) groups excluding carboxylic acids is 2. The van der Waals surface area contributed by atoms with Crippen LogP contribution in [0.25, 0.3) is 0 Å². The number of unbranched alkanes of at least 4 members (excludes halogenated alkanes) is 26. The first-order valence-electron chi connectivity index (χ1n) is 31.0. The highest BCUT2D eigenvalue weighted by Crippen LogP contribution is 2.43. The summed E-state index contributed by atoms with van der Waals surface area (Å²) >= 11 is 0. The Morgan fingerprint density at radius 3 is 1.12 bits per heavy atom. The number of ether oxygens (including phenoxy) is 2. The van der Waals surface area contributed by atoms with Crippen LogP contribution >= 0.6 is 7.82 Å². The van der Waals surface area contributed by atoms with Crippen molar-refractivity contribution in [2.75, 3.05) is 47.5 Å². The lowest BCUT2D eigenvalue weighted by atomic mass is 10.0. The number of nitrogens with zero attached hydrogens (tertiary/aromatic N) is 1. The van der Waals surface area contributed by atoms with Crippen molar-refractivity contribution in [1.82, 2.24) is 0 Å².